The lowest BCUT2D eigenvalue weighted by molar-refractivity contribution is -0.141. The minimum absolute atomic E-state index is 0.146. The molecular weight excluding hydrogens is 233 g/mol. The summed E-state index contributed by atoms with van der Waals surface area (Å²) in [5.74, 6) is 0.146. The summed E-state index contributed by atoms with van der Waals surface area (Å²) < 4.78 is 37.5. The highest BCUT2D eigenvalue weighted by Gasteiger charge is 2.33. The van der Waals surface area contributed by atoms with Crippen molar-refractivity contribution in [2.45, 2.75) is 19.1 Å². The van der Waals surface area contributed by atoms with Gasteiger partial charge in [-0.15, -0.1) is 0 Å². The van der Waals surface area contributed by atoms with Gasteiger partial charge < -0.3 is 10.2 Å². The maximum atomic E-state index is 12.5. The van der Waals surface area contributed by atoms with Gasteiger partial charge in [0.1, 0.15) is 5.69 Å². The third-order valence-electron chi connectivity index (χ3n) is 2.58. The highest BCUT2D eigenvalue weighted by atomic mass is 19.4. The molecule has 0 aliphatic carbocycles. The molecule has 0 amide bonds. The van der Waals surface area contributed by atoms with E-state index >= 15 is 0 Å². The summed E-state index contributed by atoms with van der Waals surface area (Å²) in [5, 5.41) is 3.21. The molecule has 1 aliphatic rings. The van der Waals surface area contributed by atoms with Crippen molar-refractivity contribution >= 4 is 5.95 Å². The molecule has 0 aromatic carbocycles. The fourth-order valence-corrected chi connectivity index (χ4v) is 1.77. The van der Waals surface area contributed by atoms with Gasteiger partial charge in [-0.2, -0.15) is 13.2 Å². The molecule has 4 nitrogen and oxygen atoms in total. The maximum Gasteiger partial charge on any atom is 0.433 e. The monoisotopic (exact) mass is 246 g/mol. The summed E-state index contributed by atoms with van der Waals surface area (Å²) in [6.07, 6.45) is -3.27. The van der Waals surface area contributed by atoms with E-state index in [9.17, 15) is 13.2 Å². The zero-order valence-electron chi connectivity index (χ0n) is 9.33. The molecule has 17 heavy (non-hydrogen) atoms. The molecule has 94 valence electrons. The van der Waals surface area contributed by atoms with Crippen LogP contribution in [0.4, 0.5) is 19.1 Å². The quantitative estimate of drug-likeness (QED) is 0.810. The molecule has 0 unspecified atom stereocenters. The molecule has 1 aliphatic heterocycles. The smallest absolute Gasteiger partial charge is 0.338 e. The van der Waals surface area contributed by atoms with E-state index in [2.05, 4.69) is 15.3 Å². The molecule has 0 saturated carbocycles. The molecule has 1 N–H and O–H groups in total. The lowest BCUT2D eigenvalue weighted by atomic mass is 10.2. The van der Waals surface area contributed by atoms with Gasteiger partial charge in [-0.3, -0.25) is 0 Å². The van der Waals surface area contributed by atoms with Crippen LogP contribution in [0.3, 0.4) is 0 Å². The van der Waals surface area contributed by atoms with Crippen LogP contribution in [0.2, 0.25) is 0 Å². The minimum Gasteiger partial charge on any atom is -0.338 e. The Morgan fingerprint density at radius 1 is 1.47 bits per heavy atom. The molecule has 2 rings (SSSR count). The normalized spacial score (nSPS) is 21.6. The Labute approximate surface area is 96.9 Å². The molecule has 0 bridgehead atoms. The number of hydrogen-bond donors (Lipinski definition) is 1. The number of piperazine rings is 1. The van der Waals surface area contributed by atoms with Crippen molar-refractivity contribution in [1.82, 2.24) is 15.3 Å². The maximum absolute atomic E-state index is 12.5. The van der Waals surface area contributed by atoms with E-state index in [1.54, 1.807) is 4.90 Å². The number of rotatable bonds is 1. The standard InChI is InChI=1S/C10H13F3N4/c1-7-6-17(5-4-14-7)9-15-3-2-8(16-9)10(11,12)13/h2-3,7,14H,4-6H2,1H3/t7-/m0/s1. The van der Waals surface area contributed by atoms with Crippen LogP contribution in [-0.4, -0.2) is 35.6 Å². The Hall–Kier alpha value is -1.37. The molecule has 1 aromatic heterocycles. The highest BCUT2D eigenvalue weighted by Crippen LogP contribution is 2.28. The van der Waals surface area contributed by atoms with E-state index in [0.29, 0.717) is 13.1 Å². The Balaban J connectivity index is 2.21. The number of nitrogens with one attached hydrogen (secondary N) is 1. The lowest BCUT2D eigenvalue weighted by Gasteiger charge is -2.31. The minimum atomic E-state index is -4.42. The summed E-state index contributed by atoms with van der Waals surface area (Å²) in [5.41, 5.74) is -0.895. The van der Waals surface area contributed by atoms with Crippen LogP contribution in [0.1, 0.15) is 12.6 Å². The molecule has 1 fully saturated rings. The third kappa shape index (κ3) is 2.85. The summed E-state index contributed by atoms with van der Waals surface area (Å²) >= 11 is 0. The van der Waals surface area contributed by atoms with Crippen LogP contribution in [-0.2, 0) is 6.18 Å². The average Bonchev–Trinajstić information content (AvgIpc) is 2.28. The lowest BCUT2D eigenvalue weighted by Crippen LogP contribution is -2.49. The van der Waals surface area contributed by atoms with Gasteiger partial charge in [0.25, 0.3) is 0 Å². The predicted octanol–water partition coefficient (Wildman–Crippen LogP) is 1.29. The summed E-state index contributed by atoms with van der Waals surface area (Å²) in [4.78, 5) is 9.22. The number of anilines is 1. The molecule has 1 saturated heterocycles. The van der Waals surface area contributed by atoms with E-state index in [1.165, 1.54) is 0 Å². The third-order valence-corrected chi connectivity index (χ3v) is 2.58. The highest BCUT2D eigenvalue weighted by molar-refractivity contribution is 5.32. The van der Waals surface area contributed by atoms with E-state index in [1.807, 2.05) is 6.92 Å². The summed E-state index contributed by atoms with van der Waals surface area (Å²) in [6, 6.07) is 1.11. The van der Waals surface area contributed by atoms with E-state index in [4.69, 9.17) is 0 Å². The molecule has 7 heteroatoms. The van der Waals surface area contributed by atoms with Crippen LogP contribution >= 0.6 is 0 Å². The van der Waals surface area contributed by atoms with Gasteiger partial charge in [0.15, 0.2) is 0 Å². The zero-order chi connectivity index (χ0) is 12.5. The molecule has 2 heterocycles. The Kier molecular flexibility index (Phi) is 3.19. The number of alkyl halides is 3. The average molecular weight is 246 g/mol. The van der Waals surface area contributed by atoms with Crippen molar-refractivity contribution < 1.29 is 13.2 Å². The van der Waals surface area contributed by atoms with Gasteiger partial charge >= 0.3 is 6.18 Å². The van der Waals surface area contributed by atoms with Crippen molar-refractivity contribution in [1.29, 1.82) is 0 Å². The Bertz CT molecular complexity index is 393. The van der Waals surface area contributed by atoms with E-state index in [-0.39, 0.29) is 12.0 Å². The van der Waals surface area contributed by atoms with Gasteiger partial charge in [0, 0.05) is 31.9 Å². The zero-order valence-corrected chi connectivity index (χ0v) is 9.33. The van der Waals surface area contributed by atoms with Gasteiger partial charge in [0.05, 0.1) is 0 Å². The number of nitrogens with zero attached hydrogens (tertiary/aromatic N) is 3. The van der Waals surface area contributed by atoms with Crippen molar-refractivity contribution in [3.63, 3.8) is 0 Å². The molecule has 1 atom stereocenters. The van der Waals surface area contributed by atoms with Crippen LogP contribution in [0.25, 0.3) is 0 Å². The van der Waals surface area contributed by atoms with Crippen molar-refractivity contribution in [3.05, 3.63) is 18.0 Å². The number of aromatic nitrogens is 2. The summed E-state index contributed by atoms with van der Waals surface area (Å²) in [7, 11) is 0. The molecule has 0 radical (unpaired) electrons. The van der Waals surface area contributed by atoms with Gasteiger partial charge in [-0.05, 0) is 13.0 Å². The first-order chi connectivity index (χ1) is 7.97. The molecule has 0 spiro atoms. The molecule has 1 aromatic rings. The molecular formula is C10H13F3N4. The first-order valence-corrected chi connectivity index (χ1v) is 5.35. The van der Waals surface area contributed by atoms with Crippen LogP contribution in [0.5, 0.6) is 0 Å². The topological polar surface area (TPSA) is 41.1 Å². The SMILES string of the molecule is C[C@H]1CN(c2nccc(C(F)(F)F)n2)CCN1. The number of halogens is 3. The largest absolute Gasteiger partial charge is 0.433 e. The van der Waals surface area contributed by atoms with Gasteiger partial charge in [-0.1, -0.05) is 0 Å². The number of hydrogen-bond acceptors (Lipinski definition) is 4. The van der Waals surface area contributed by atoms with E-state index in [0.717, 1.165) is 18.8 Å². The summed E-state index contributed by atoms with van der Waals surface area (Å²) in [6.45, 7) is 3.92. The first kappa shape index (κ1) is 12.1. The van der Waals surface area contributed by atoms with Crippen LogP contribution in [0.15, 0.2) is 12.3 Å². The van der Waals surface area contributed by atoms with Gasteiger partial charge in [-0.25, -0.2) is 9.97 Å². The first-order valence-electron chi connectivity index (χ1n) is 5.35. The predicted molar refractivity (Wildman–Crippen MR) is 56.7 cm³/mol. The van der Waals surface area contributed by atoms with Crippen LogP contribution < -0.4 is 10.2 Å². The Morgan fingerprint density at radius 3 is 2.88 bits per heavy atom. The second kappa shape index (κ2) is 4.48. The van der Waals surface area contributed by atoms with Crippen molar-refractivity contribution in [2.24, 2.45) is 0 Å². The fourth-order valence-electron chi connectivity index (χ4n) is 1.77. The van der Waals surface area contributed by atoms with Crippen molar-refractivity contribution in [2.75, 3.05) is 24.5 Å². The second-order valence-electron chi connectivity index (χ2n) is 4.04. The Morgan fingerprint density at radius 2 is 2.24 bits per heavy atom. The fraction of sp³-hybridized carbons (Fsp3) is 0.600. The van der Waals surface area contributed by atoms with Gasteiger partial charge in [0.2, 0.25) is 5.95 Å². The van der Waals surface area contributed by atoms with Crippen molar-refractivity contribution in [3.8, 4) is 0 Å². The second-order valence-corrected chi connectivity index (χ2v) is 4.04. The van der Waals surface area contributed by atoms with Crippen LogP contribution in [0, 0.1) is 0 Å². The van der Waals surface area contributed by atoms with E-state index < -0.39 is 11.9 Å².